The number of aromatic nitrogens is 2. The van der Waals surface area contributed by atoms with Crippen LogP contribution in [0.3, 0.4) is 0 Å². The largest absolute Gasteiger partial charge is 0.326 e. The van der Waals surface area contributed by atoms with Crippen LogP contribution in [0.4, 0.5) is 5.69 Å². The first-order valence-corrected chi connectivity index (χ1v) is 6.89. The van der Waals surface area contributed by atoms with Crippen LogP contribution in [0, 0.1) is 13.8 Å². The van der Waals surface area contributed by atoms with E-state index in [1.807, 2.05) is 38.2 Å². The Hall–Kier alpha value is -1.62. The van der Waals surface area contributed by atoms with Gasteiger partial charge in [-0.3, -0.25) is 9.48 Å². The maximum Gasteiger partial charge on any atom is 0.226 e. The predicted molar refractivity (Wildman–Crippen MR) is 79.1 cm³/mol. The fourth-order valence-electron chi connectivity index (χ4n) is 1.96. The maximum absolute atomic E-state index is 11.9. The topological polar surface area (TPSA) is 46.9 Å². The van der Waals surface area contributed by atoms with Gasteiger partial charge in [-0.15, -0.1) is 0 Å². The first-order valence-electron chi connectivity index (χ1n) is 6.10. The molecule has 19 heavy (non-hydrogen) atoms. The molecule has 0 aliphatic carbocycles. The fraction of sp³-hybridized carbons (Fsp3) is 0.286. The minimum absolute atomic E-state index is 0.00372. The molecule has 0 aliphatic heterocycles. The second kappa shape index (κ2) is 6.02. The first kappa shape index (κ1) is 13.8. The smallest absolute Gasteiger partial charge is 0.226 e. The zero-order chi connectivity index (χ0) is 13.8. The molecule has 1 N–H and O–H groups in total. The summed E-state index contributed by atoms with van der Waals surface area (Å²) in [5.74, 6) is 0.00372. The molecule has 4 nitrogen and oxygen atoms in total. The molecule has 0 saturated carbocycles. The summed E-state index contributed by atoms with van der Waals surface area (Å²) in [4.78, 5) is 11.9. The van der Waals surface area contributed by atoms with E-state index in [0.29, 0.717) is 13.0 Å². The van der Waals surface area contributed by atoms with E-state index in [4.69, 9.17) is 0 Å². The Labute approximate surface area is 120 Å². The number of hydrogen-bond donors (Lipinski definition) is 1. The highest BCUT2D eigenvalue weighted by molar-refractivity contribution is 9.10. The van der Waals surface area contributed by atoms with Crippen molar-refractivity contribution in [3.8, 4) is 0 Å². The van der Waals surface area contributed by atoms with Gasteiger partial charge in [0.1, 0.15) is 0 Å². The van der Waals surface area contributed by atoms with Crippen LogP contribution in [0.5, 0.6) is 0 Å². The van der Waals surface area contributed by atoms with Crippen LogP contribution in [0.15, 0.2) is 35.1 Å². The van der Waals surface area contributed by atoms with E-state index in [-0.39, 0.29) is 5.91 Å². The zero-order valence-electron chi connectivity index (χ0n) is 11.0. The number of rotatable bonds is 4. The molecule has 0 aliphatic rings. The Balaban J connectivity index is 1.99. The number of halogens is 1. The van der Waals surface area contributed by atoms with Crippen molar-refractivity contribution in [2.75, 3.05) is 5.32 Å². The minimum atomic E-state index is 0.00372. The summed E-state index contributed by atoms with van der Waals surface area (Å²) in [6, 6.07) is 5.84. The van der Waals surface area contributed by atoms with Crippen LogP contribution in [-0.4, -0.2) is 15.7 Å². The molecule has 1 amide bonds. The molecule has 2 aromatic rings. The second-order valence-electron chi connectivity index (χ2n) is 4.48. The lowest BCUT2D eigenvalue weighted by Gasteiger charge is -2.12. The molecule has 0 saturated heterocycles. The van der Waals surface area contributed by atoms with Crippen molar-refractivity contribution in [2.24, 2.45) is 0 Å². The van der Waals surface area contributed by atoms with Crippen molar-refractivity contribution < 1.29 is 4.79 Å². The normalized spacial score (nSPS) is 10.5. The summed E-state index contributed by atoms with van der Waals surface area (Å²) in [7, 11) is 0. The maximum atomic E-state index is 11.9. The Kier molecular flexibility index (Phi) is 4.37. The summed E-state index contributed by atoms with van der Waals surface area (Å²) in [5, 5.41) is 7.04. The van der Waals surface area contributed by atoms with E-state index in [1.165, 1.54) is 0 Å². The number of amides is 1. The van der Waals surface area contributed by atoms with E-state index in [0.717, 1.165) is 21.3 Å². The third-order valence-electron chi connectivity index (χ3n) is 2.89. The molecule has 0 radical (unpaired) electrons. The van der Waals surface area contributed by atoms with Gasteiger partial charge in [0.2, 0.25) is 5.91 Å². The molecule has 0 bridgehead atoms. The van der Waals surface area contributed by atoms with Crippen LogP contribution in [0.1, 0.15) is 17.5 Å². The molecular formula is C14H16BrN3O. The van der Waals surface area contributed by atoms with Gasteiger partial charge < -0.3 is 5.32 Å². The number of nitrogens with zero attached hydrogens (tertiary/aromatic N) is 2. The van der Waals surface area contributed by atoms with Crippen molar-refractivity contribution in [1.29, 1.82) is 0 Å². The van der Waals surface area contributed by atoms with Crippen LogP contribution in [0.2, 0.25) is 0 Å². The van der Waals surface area contributed by atoms with Crippen molar-refractivity contribution in [3.63, 3.8) is 0 Å². The predicted octanol–water partition coefficient (Wildman–Crippen LogP) is 3.29. The molecule has 1 aromatic heterocycles. The summed E-state index contributed by atoms with van der Waals surface area (Å²) >= 11 is 3.45. The van der Waals surface area contributed by atoms with Gasteiger partial charge in [-0.1, -0.05) is 15.9 Å². The standard InChI is InChI=1S/C14H16BrN3O/c1-10-8-12(15)9-11(2)14(10)17-13(19)4-7-18-6-3-5-16-18/h3,5-6,8-9H,4,7H2,1-2H3,(H,17,19). The number of anilines is 1. The van der Waals surface area contributed by atoms with Gasteiger partial charge in [0.25, 0.3) is 0 Å². The number of aryl methyl sites for hydroxylation is 3. The molecule has 2 rings (SSSR count). The van der Waals surface area contributed by atoms with Gasteiger partial charge in [-0.05, 0) is 43.2 Å². The number of carbonyl (C=O) groups excluding carboxylic acids is 1. The van der Waals surface area contributed by atoms with Crippen molar-refractivity contribution in [1.82, 2.24) is 9.78 Å². The van der Waals surface area contributed by atoms with Gasteiger partial charge in [-0.2, -0.15) is 5.10 Å². The van der Waals surface area contributed by atoms with Crippen molar-refractivity contribution in [2.45, 2.75) is 26.8 Å². The molecule has 1 heterocycles. The molecule has 0 atom stereocenters. The minimum Gasteiger partial charge on any atom is -0.326 e. The molecule has 1 aromatic carbocycles. The summed E-state index contributed by atoms with van der Waals surface area (Å²) in [5.41, 5.74) is 3.01. The first-order chi connectivity index (χ1) is 9.06. The van der Waals surface area contributed by atoms with E-state index < -0.39 is 0 Å². The molecule has 0 spiro atoms. The Morgan fingerprint density at radius 2 is 2.05 bits per heavy atom. The Morgan fingerprint density at radius 1 is 1.37 bits per heavy atom. The van der Waals surface area contributed by atoms with E-state index in [9.17, 15) is 4.79 Å². The number of hydrogen-bond acceptors (Lipinski definition) is 2. The monoisotopic (exact) mass is 321 g/mol. The zero-order valence-corrected chi connectivity index (χ0v) is 12.6. The van der Waals surface area contributed by atoms with Gasteiger partial charge in [-0.25, -0.2) is 0 Å². The fourth-order valence-corrected chi connectivity index (χ4v) is 2.65. The number of benzene rings is 1. The third-order valence-corrected chi connectivity index (χ3v) is 3.35. The van der Waals surface area contributed by atoms with E-state index >= 15 is 0 Å². The van der Waals surface area contributed by atoms with Crippen molar-refractivity contribution in [3.05, 3.63) is 46.2 Å². The average molecular weight is 322 g/mol. The van der Waals surface area contributed by atoms with Crippen LogP contribution >= 0.6 is 15.9 Å². The summed E-state index contributed by atoms with van der Waals surface area (Å²) < 4.78 is 2.78. The van der Waals surface area contributed by atoms with E-state index in [1.54, 1.807) is 10.9 Å². The highest BCUT2D eigenvalue weighted by Gasteiger charge is 2.08. The molecule has 0 unspecified atom stereocenters. The van der Waals surface area contributed by atoms with Gasteiger partial charge in [0.05, 0.1) is 0 Å². The second-order valence-corrected chi connectivity index (χ2v) is 5.40. The lowest BCUT2D eigenvalue weighted by atomic mass is 10.1. The molecule has 100 valence electrons. The van der Waals surface area contributed by atoms with Crippen molar-refractivity contribution >= 4 is 27.5 Å². The quantitative estimate of drug-likeness (QED) is 0.939. The van der Waals surface area contributed by atoms with Gasteiger partial charge in [0, 0.05) is 35.5 Å². The highest BCUT2D eigenvalue weighted by atomic mass is 79.9. The van der Waals surface area contributed by atoms with Crippen LogP contribution in [-0.2, 0) is 11.3 Å². The van der Waals surface area contributed by atoms with Gasteiger partial charge in [0.15, 0.2) is 0 Å². The number of carbonyl (C=O) groups is 1. The SMILES string of the molecule is Cc1cc(Br)cc(C)c1NC(=O)CCn1cccn1. The lowest BCUT2D eigenvalue weighted by molar-refractivity contribution is -0.116. The Morgan fingerprint density at radius 3 is 2.63 bits per heavy atom. The summed E-state index contributed by atoms with van der Waals surface area (Å²) in [6.07, 6.45) is 3.97. The average Bonchev–Trinajstić information content (AvgIpc) is 2.84. The lowest BCUT2D eigenvalue weighted by Crippen LogP contribution is -2.16. The Bertz CT molecular complexity index is 555. The molecule has 5 heteroatoms. The van der Waals surface area contributed by atoms with Gasteiger partial charge >= 0.3 is 0 Å². The highest BCUT2D eigenvalue weighted by Crippen LogP contribution is 2.25. The van der Waals surface area contributed by atoms with Crippen LogP contribution in [0.25, 0.3) is 0 Å². The number of nitrogens with one attached hydrogen (secondary N) is 1. The van der Waals surface area contributed by atoms with Crippen LogP contribution < -0.4 is 5.32 Å². The summed E-state index contributed by atoms with van der Waals surface area (Å²) in [6.45, 7) is 4.56. The van der Waals surface area contributed by atoms with E-state index in [2.05, 4.69) is 26.3 Å². The molecule has 0 fully saturated rings. The molecular weight excluding hydrogens is 306 g/mol. The third kappa shape index (κ3) is 3.67.